The molecule has 6 nitrogen and oxygen atoms in total. The van der Waals surface area contributed by atoms with Gasteiger partial charge in [-0.05, 0) is 30.2 Å². The Balaban J connectivity index is 1.92. The van der Waals surface area contributed by atoms with E-state index in [1.807, 2.05) is 19.1 Å². The SMILES string of the molecule is CCCOc1ccc(/C=N\Nc2nc(CC(=O)OC)cs2)cc1Cl. The third kappa shape index (κ3) is 5.50. The van der Waals surface area contributed by atoms with E-state index in [1.165, 1.54) is 18.4 Å². The summed E-state index contributed by atoms with van der Waals surface area (Å²) in [4.78, 5) is 15.4. The number of ether oxygens (including phenoxy) is 2. The molecule has 24 heavy (non-hydrogen) atoms. The Morgan fingerprint density at radius 1 is 1.50 bits per heavy atom. The van der Waals surface area contributed by atoms with Gasteiger partial charge in [0.25, 0.3) is 0 Å². The van der Waals surface area contributed by atoms with E-state index >= 15 is 0 Å². The van der Waals surface area contributed by atoms with Crippen LogP contribution in [-0.4, -0.2) is 30.9 Å². The monoisotopic (exact) mass is 367 g/mol. The van der Waals surface area contributed by atoms with Crippen LogP contribution in [0.25, 0.3) is 0 Å². The lowest BCUT2D eigenvalue weighted by Crippen LogP contribution is -2.04. The van der Waals surface area contributed by atoms with Crippen LogP contribution in [0.1, 0.15) is 24.6 Å². The molecule has 1 aromatic heterocycles. The maximum absolute atomic E-state index is 11.2. The number of nitrogens with zero attached hydrogens (tertiary/aromatic N) is 2. The molecule has 128 valence electrons. The number of hydrogen-bond donors (Lipinski definition) is 1. The van der Waals surface area contributed by atoms with Crippen LogP contribution < -0.4 is 10.2 Å². The molecular weight excluding hydrogens is 350 g/mol. The second-order valence-electron chi connectivity index (χ2n) is 4.81. The van der Waals surface area contributed by atoms with E-state index < -0.39 is 0 Å². The summed E-state index contributed by atoms with van der Waals surface area (Å²) >= 11 is 7.53. The Morgan fingerprint density at radius 2 is 2.33 bits per heavy atom. The third-order valence-corrected chi connectivity index (χ3v) is 3.99. The van der Waals surface area contributed by atoms with E-state index in [9.17, 15) is 4.79 Å². The Hall–Kier alpha value is -2.12. The fourth-order valence-corrected chi connectivity index (χ4v) is 2.65. The Labute approximate surface area is 149 Å². The van der Waals surface area contributed by atoms with Gasteiger partial charge < -0.3 is 9.47 Å². The molecule has 0 saturated carbocycles. The van der Waals surface area contributed by atoms with Gasteiger partial charge in [-0.2, -0.15) is 5.10 Å². The fraction of sp³-hybridized carbons (Fsp3) is 0.312. The molecule has 0 saturated heterocycles. The van der Waals surface area contributed by atoms with Crippen LogP contribution in [0.2, 0.25) is 5.02 Å². The highest BCUT2D eigenvalue weighted by molar-refractivity contribution is 7.13. The highest BCUT2D eigenvalue weighted by Crippen LogP contribution is 2.25. The lowest BCUT2D eigenvalue weighted by molar-refractivity contribution is -0.139. The Kier molecular flexibility index (Phi) is 7.02. The lowest BCUT2D eigenvalue weighted by Gasteiger charge is -2.06. The van der Waals surface area contributed by atoms with E-state index in [2.05, 4.69) is 20.2 Å². The van der Waals surface area contributed by atoms with E-state index in [0.717, 1.165) is 12.0 Å². The van der Waals surface area contributed by atoms with Gasteiger partial charge in [0.2, 0.25) is 5.13 Å². The van der Waals surface area contributed by atoms with Gasteiger partial charge in [-0.3, -0.25) is 10.2 Å². The van der Waals surface area contributed by atoms with Crippen molar-refractivity contribution >= 4 is 40.3 Å². The lowest BCUT2D eigenvalue weighted by atomic mass is 10.2. The molecule has 8 heteroatoms. The van der Waals surface area contributed by atoms with Crippen LogP contribution in [0.15, 0.2) is 28.7 Å². The molecule has 0 radical (unpaired) electrons. The number of nitrogens with one attached hydrogen (secondary N) is 1. The number of aromatic nitrogens is 1. The number of anilines is 1. The highest BCUT2D eigenvalue weighted by Gasteiger charge is 2.07. The number of carbonyl (C=O) groups excluding carboxylic acids is 1. The molecule has 0 bridgehead atoms. The molecule has 0 aliphatic rings. The molecule has 1 aromatic carbocycles. The predicted octanol–water partition coefficient (Wildman–Crippen LogP) is 3.75. The van der Waals surface area contributed by atoms with Gasteiger partial charge in [0.05, 0.1) is 37.1 Å². The first-order valence-electron chi connectivity index (χ1n) is 7.35. The Morgan fingerprint density at radius 3 is 3.04 bits per heavy atom. The average Bonchev–Trinajstić information content (AvgIpc) is 3.01. The summed E-state index contributed by atoms with van der Waals surface area (Å²) in [7, 11) is 1.35. The standard InChI is InChI=1S/C16H18ClN3O3S/c1-3-6-23-14-5-4-11(7-13(14)17)9-18-20-16-19-12(10-24-16)8-15(21)22-2/h4-5,7,9-10H,3,6,8H2,1-2H3,(H,19,20)/b18-9-. The molecule has 0 atom stereocenters. The summed E-state index contributed by atoms with van der Waals surface area (Å²) in [6, 6.07) is 5.46. The molecule has 2 rings (SSSR count). The van der Waals surface area contributed by atoms with E-state index in [4.69, 9.17) is 16.3 Å². The second kappa shape index (κ2) is 9.24. The molecule has 0 spiro atoms. The van der Waals surface area contributed by atoms with Crippen LogP contribution in [-0.2, 0) is 16.0 Å². The van der Waals surface area contributed by atoms with Gasteiger partial charge >= 0.3 is 5.97 Å². The van der Waals surface area contributed by atoms with Crippen molar-refractivity contribution in [3.05, 3.63) is 39.9 Å². The first-order chi connectivity index (χ1) is 11.6. The second-order valence-corrected chi connectivity index (χ2v) is 6.07. The van der Waals surface area contributed by atoms with Gasteiger partial charge in [-0.1, -0.05) is 18.5 Å². The van der Waals surface area contributed by atoms with Gasteiger partial charge in [0, 0.05) is 5.38 Å². The normalized spacial score (nSPS) is 10.8. The summed E-state index contributed by atoms with van der Waals surface area (Å²) in [6.07, 6.45) is 2.71. The Bertz CT molecular complexity index is 718. The largest absolute Gasteiger partial charge is 0.492 e. The number of thiazole rings is 1. The summed E-state index contributed by atoms with van der Waals surface area (Å²) in [5.41, 5.74) is 4.30. The van der Waals surface area contributed by atoms with Gasteiger partial charge in [-0.25, -0.2) is 4.98 Å². The molecule has 0 amide bonds. The van der Waals surface area contributed by atoms with Gasteiger partial charge in [0.1, 0.15) is 5.75 Å². The fourth-order valence-electron chi connectivity index (χ4n) is 1.75. The van der Waals surface area contributed by atoms with Gasteiger partial charge in [0.15, 0.2) is 0 Å². The quantitative estimate of drug-likeness (QED) is 0.437. The zero-order chi connectivity index (χ0) is 17.4. The molecular formula is C16H18ClN3O3S. The number of hydrogen-bond acceptors (Lipinski definition) is 7. The number of halogens is 1. The van der Waals surface area contributed by atoms with Crippen LogP contribution in [0.3, 0.4) is 0 Å². The molecule has 0 unspecified atom stereocenters. The van der Waals surface area contributed by atoms with Crippen LogP contribution in [0.4, 0.5) is 5.13 Å². The predicted molar refractivity (Wildman–Crippen MR) is 96.3 cm³/mol. The highest BCUT2D eigenvalue weighted by atomic mass is 35.5. The minimum atomic E-state index is -0.324. The van der Waals surface area contributed by atoms with Crippen LogP contribution in [0, 0.1) is 0 Å². The molecule has 1 heterocycles. The molecule has 2 aromatic rings. The first-order valence-corrected chi connectivity index (χ1v) is 8.60. The first kappa shape index (κ1) is 18.2. The number of rotatable bonds is 8. The average molecular weight is 368 g/mol. The van der Waals surface area contributed by atoms with Crippen molar-refractivity contribution in [2.75, 3.05) is 19.1 Å². The van der Waals surface area contributed by atoms with Crippen molar-refractivity contribution in [3.8, 4) is 5.75 Å². The zero-order valence-electron chi connectivity index (χ0n) is 13.4. The van der Waals surface area contributed by atoms with E-state index in [-0.39, 0.29) is 12.4 Å². The number of methoxy groups -OCH3 is 1. The van der Waals surface area contributed by atoms with Crippen molar-refractivity contribution in [2.24, 2.45) is 5.10 Å². The van der Waals surface area contributed by atoms with Crippen molar-refractivity contribution in [2.45, 2.75) is 19.8 Å². The molecule has 0 aliphatic carbocycles. The van der Waals surface area contributed by atoms with Crippen molar-refractivity contribution in [1.29, 1.82) is 0 Å². The van der Waals surface area contributed by atoms with E-state index in [0.29, 0.717) is 28.2 Å². The summed E-state index contributed by atoms with van der Waals surface area (Å²) in [5.74, 6) is 0.339. The number of hydrazone groups is 1. The summed E-state index contributed by atoms with van der Waals surface area (Å²) < 4.78 is 10.1. The maximum Gasteiger partial charge on any atom is 0.311 e. The minimum Gasteiger partial charge on any atom is -0.492 e. The topological polar surface area (TPSA) is 72.8 Å². The molecule has 0 aliphatic heterocycles. The van der Waals surface area contributed by atoms with Crippen LogP contribution >= 0.6 is 22.9 Å². The van der Waals surface area contributed by atoms with Gasteiger partial charge in [-0.15, -0.1) is 11.3 Å². The molecule has 0 fully saturated rings. The number of benzene rings is 1. The maximum atomic E-state index is 11.2. The van der Waals surface area contributed by atoms with Crippen molar-refractivity contribution < 1.29 is 14.3 Å². The third-order valence-electron chi connectivity index (χ3n) is 2.90. The summed E-state index contributed by atoms with van der Waals surface area (Å²) in [5, 5.41) is 7.04. The smallest absolute Gasteiger partial charge is 0.311 e. The summed E-state index contributed by atoms with van der Waals surface area (Å²) in [6.45, 7) is 2.67. The number of carbonyl (C=O) groups is 1. The number of esters is 1. The minimum absolute atomic E-state index is 0.146. The van der Waals surface area contributed by atoms with E-state index in [1.54, 1.807) is 17.7 Å². The van der Waals surface area contributed by atoms with Crippen molar-refractivity contribution in [3.63, 3.8) is 0 Å². The van der Waals surface area contributed by atoms with Crippen molar-refractivity contribution in [1.82, 2.24) is 4.98 Å². The zero-order valence-corrected chi connectivity index (χ0v) is 15.0. The molecule has 1 N–H and O–H groups in total. The van der Waals surface area contributed by atoms with Crippen LogP contribution in [0.5, 0.6) is 5.75 Å².